The number of carboxylic acids is 1. The highest BCUT2D eigenvalue weighted by Gasteiger charge is 2.50. The Kier molecular flexibility index (Phi) is 11.8. The van der Waals surface area contributed by atoms with Crippen LogP contribution in [0.1, 0.15) is 20.3 Å². The fourth-order valence-corrected chi connectivity index (χ4v) is 3.18. The fraction of sp³-hybridized carbons (Fsp3) is 0.944. The third kappa shape index (κ3) is 7.51. The zero-order valence-electron chi connectivity index (χ0n) is 17.8. The third-order valence-electron chi connectivity index (χ3n) is 5.02. The molecule has 2 saturated heterocycles. The van der Waals surface area contributed by atoms with Gasteiger partial charge in [-0.25, -0.2) is 0 Å². The molecule has 14 nitrogen and oxygen atoms in total. The van der Waals surface area contributed by atoms with Crippen molar-refractivity contribution in [2.75, 3.05) is 13.2 Å². The van der Waals surface area contributed by atoms with E-state index in [1.165, 1.54) is 0 Å². The van der Waals surface area contributed by atoms with Crippen molar-refractivity contribution < 1.29 is 65.0 Å². The molecule has 2 aliphatic heterocycles. The molecule has 0 aromatic carbocycles. The maximum atomic E-state index is 10.1. The van der Waals surface area contributed by atoms with Gasteiger partial charge >= 0.3 is 5.97 Å². The minimum atomic E-state index is -1.74. The zero-order chi connectivity index (χ0) is 24.7. The lowest BCUT2D eigenvalue weighted by atomic mass is 9.97. The van der Waals surface area contributed by atoms with Crippen LogP contribution in [0, 0.1) is 5.92 Å². The smallest absolute Gasteiger partial charge is 0.320 e. The maximum absolute atomic E-state index is 10.1. The first kappa shape index (κ1) is 29.0. The summed E-state index contributed by atoms with van der Waals surface area (Å²) in [6.07, 6.45) is -15.0. The van der Waals surface area contributed by atoms with Crippen LogP contribution in [0.25, 0.3) is 0 Å². The number of aliphatic hydroxyl groups is 8. The van der Waals surface area contributed by atoms with E-state index in [1.54, 1.807) is 0 Å². The second kappa shape index (κ2) is 13.0. The number of nitrogens with two attached hydrogens (primary N) is 1. The van der Waals surface area contributed by atoms with Gasteiger partial charge in [-0.05, 0) is 12.3 Å². The summed E-state index contributed by atoms with van der Waals surface area (Å²) >= 11 is 0. The Morgan fingerprint density at radius 3 is 1.88 bits per heavy atom. The van der Waals surface area contributed by atoms with E-state index >= 15 is 0 Å². The molecule has 2 aliphatic rings. The summed E-state index contributed by atoms with van der Waals surface area (Å²) in [7, 11) is 0. The van der Waals surface area contributed by atoms with E-state index < -0.39 is 86.6 Å². The number of hydrogen-bond acceptors (Lipinski definition) is 13. The molecule has 2 heterocycles. The highest BCUT2D eigenvalue weighted by atomic mass is 16.7. The molecule has 0 spiro atoms. The molecule has 11 N–H and O–H groups in total. The number of aliphatic carboxylic acids is 1. The van der Waals surface area contributed by atoms with Gasteiger partial charge in [0, 0.05) is 0 Å². The van der Waals surface area contributed by atoms with E-state index in [4.69, 9.17) is 30.2 Å². The van der Waals surface area contributed by atoms with Crippen molar-refractivity contribution in [3.8, 4) is 0 Å². The molecule has 2 rings (SSSR count). The molecular weight excluding hydrogens is 438 g/mol. The number of ether oxygens (including phenoxy) is 3. The van der Waals surface area contributed by atoms with E-state index in [2.05, 4.69) is 0 Å². The normalized spacial score (nSPS) is 41.0. The third-order valence-corrected chi connectivity index (χ3v) is 5.02. The number of carboxylic acid groups (broad SMARTS) is 1. The van der Waals surface area contributed by atoms with Crippen LogP contribution < -0.4 is 5.73 Å². The maximum Gasteiger partial charge on any atom is 0.320 e. The van der Waals surface area contributed by atoms with Gasteiger partial charge in [0.25, 0.3) is 0 Å². The van der Waals surface area contributed by atoms with Crippen LogP contribution in [0.15, 0.2) is 0 Å². The first-order valence-corrected chi connectivity index (χ1v) is 10.1. The highest BCUT2D eigenvalue weighted by molar-refractivity contribution is 5.72. The molecule has 14 heteroatoms. The lowest BCUT2D eigenvalue weighted by molar-refractivity contribution is -0.355. The number of rotatable bonds is 7. The van der Waals surface area contributed by atoms with Gasteiger partial charge < -0.3 is 65.9 Å². The van der Waals surface area contributed by atoms with Gasteiger partial charge in [0.15, 0.2) is 12.6 Å². The van der Waals surface area contributed by atoms with Crippen LogP contribution in [0.2, 0.25) is 0 Å². The largest absolute Gasteiger partial charge is 0.480 e. The van der Waals surface area contributed by atoms with Crippen LogP contribution in [0.3, 0.4) is 0 Å². The van der Waals surface area contributed by atoms with Crippen LogP contribution in [0.5, 0.6) is 0 Å². The van der Waals surface area contributed by atoms with Crippen LogP contribution >= 0.6 is 0 Å². The lowest BCUT2D eigenvalue weighted by Crippen LogP contribution is -2.64. The fourth-order valence-electron chi connectivity index (χ4n) is 3.18. The highest BCUT2D eigenvalue weighted by Crippen LogP contribution is 2.28. The Hall–Kier alpha value is -1.01. The van der Waals surface area contributed by atoms with E-state index in [-0.39, 0.29) is 0 Å². The predicted molar refractivity (Wildman–Crippen MR) is 104 cm³/mol. The molecule has 2 fully saturated rings. The summed E-state index contributed by atoms with van der Waals surface area (Å²) in [6.45, 7) is 2.55. The van der Waals surface area contributed by atoms with Gasteiger partial charge in [0.1, 0.15) is 54.9 Å². The van der Waals surface area contributed by atoms with Crippen LogP contribution in [-0.2, 0) is 19.0 Å². The summed E-state index contributed by atoms with van der Waals surface area (Å²) < 4.78 is 15.3. The van der Waals surface area contributed by atoms with Gasteiger partial charge in [-0.1, -0.05) is 13.8 Å². The Balaban J connectivity index is 0.000000482. The molecule has 0 amide bonds. The Labute approximate surface area is 184 Å². The minimum absolute atomic E-state index is 0.357. The van der Waals surface area contributed by atoms with Crippen molar-refractivity contribution in [2.24, 2.45) is 11.7 Å². The average Bonchev–Trinajstić information content (AvgIpc) is 2.73. The topological polar surface area (TPSA) is 253 Å². The molecule has 11 atom stereocenters. The number of carbonyl (C=O) groups is 1. The van der Waals surface area contributed by atoms with Crippen molar-refractivity contribution in [1.29, 1.82) is 0 Å². The first-order chi connectivity index (χ1) is 14.8. The first-order valence-electron chi connectivity index (χ1n) is 10.1. The Morgan fingerprint density at radius 2 is 1.44 bits per heavy atom. The molecule has 0 aromatic heterocycles. The molecule has 0 aliphatic carbocycles. The second-order valence-electron chi connectivity index (χ2n) is 8.10. The van der Waals surface area contributed by atoms with Gasteiger partial charge in [0.05, 0.1) is 13.2 Å². The summed E-state index contributed by atoms with van der Waals surface area (Å²) in [5.74, 6) is -0.556. The van der Waals surface area contributed by atoms with E-state index in [0.29, 0.717) is 12.3 Å². The Bertz CT molecular complexity index is 563. The van der Waals surface area contributed by atoms with Crippen LogP contribution in [-0.4, -0.2) is 133 Å². The molecule has 32 heavy (non-hydrogen) atoms. The molecule has 0 saturated carbocycles. The SMILES string of the molecule is CC(C)CC(N)C(=O)O.OC[C@H]1O[C@H](O[C@H]2[C@H](O)[C@@H](O)[C@H](O)O[C@@H]2CO)[C@H](O)[C@@H](O)[C@@H]1O. The molecule has 0 radical (unpaired) electrons. The minimum Gasteiger partial charge on any atom is -0.480 e. The van der Waals surface area contributed by atoms with Crippen molar-refractivity contribution >= 4 is 5.97 Å². The zero-order valence-corrected chi connectivity index (χ0v) is 17.8. The second-order valence-corrected chi connectivity index (χ2v) is 8.10. The summed E-state index contributed by atoms with van der Waals surface area (Å²) in [5.41, 5.74) is 5.22. The lowest BCUT2D eigenvalue weighted by Gasteiger charge is -2.45. The predicted octanol–water partition coefficient (Wildman–Crippen LogP) is -4.95. The van der Waals surface area contributed by atoms with E-state index in [0.717, 1.165) is 0 Å². The van der Waals surface area contributed by atoms with Gasteiger partial charge in [-0.2, -0.15) is 0 Å². The van der Waals surface area contributed by atoms with E-state index in [9.17, 15) is 40.5 Å². The van der Waals surface area contributed by atoms with Gasteiger partial charge in [-0.15, -0.1) is 0 Å². The monoisotopic (exact) mass is 473 g/mol. The summed E-state index contributed by atoms with van der Waals surface area (Å²) in [6, 6.07) is -0.690. The quantitative estimate of drug-likeness (QED) is 0.166. The number of aliphatic hydroxyl groups excluding tert-OH is 8. The van der Waals surface area contributed by atoms with Crippen molar-refractivity contribution in [3.05, 3.63) is 0 Å². The summed E-state index contributed by atoms with van der Waals surface area (Å²) in [5, 5.41) is 84.8. The standard InChI is InChI=1S/C12H22O11.C6H13NO2/c13-1-3-5(15)6(16)9(19)12(22-3)23-10-4(2-14)21-11(20)8(18)7(10)17;1-4(2)3-5(7)6(8)9/h3-20H,1-2H2;4-5H,3,7H2,1-2H3,(H,8,9)/t3-,4-,5-,6+,7-,8-,9-,10-,11-,12-;/m1./s1. The van der Waals surface area contributed by atoms with Gasteiger partial charge in [-0.3, -0.25) is 4.79 Å². The molecule has 190 valence electrons. The van der Waals surface area contributed by atoms with Crippen molar-refractivity contribution in [1.82, 2.24) is 0 Å². The number of hydrogen-bond donors (Lipinski definition) is 10. The van der Waals surface area contributed by atoms with Crippen LogP contribution in [0.4, 0.5) is 0 Å². The summed E-state index contributed by atoms with van der Waals surface area (Å²) in [4.78, 5) is 10.1. The molecule has 1 unspecified atom stereocenters. The average molecular weight is 473 g/mol. The van der Waals surface area contributed by atoms with Crippen molar-refractivity contribution in [2.45, 2.75) is 87.7 Å². The Morgan fingerprint density at radius 1 is 0.875 bits per heavy atom. The van der Waals surface area contributed by atoms with Crippen molar-refractivity contribution in [3.63, 3.8) is 0 Å². The molecule has 0 aromatic rings. The van der Waals surface area contributed by atoms with E-state index in [1.807, 2.05) is 13.8 Å². The van der Waals surface area contributed by atoms with Gasteiger partial charge in [0.2, 0.25) is 0 Å². The molecule has 0 bridgehead atoms. The molecular formula is C18H35NO13.